The first-order chi connectivity index (χ1) is 10.2. The summed E-state index contributed by atoms with van der Waals surface area (Å²) in [6.45, 7) is 2.08. The summed E-state index contributed by atoms with van der Waals surface area (Å²) < 4.78 is 5.56. The SMILES string of the molecule is Cc1ccccc1-c1c(N)noc1-c1cc2c(s1)CCC2. The largest absolute Gasteiger partial charge is 0.380 e. The summed E-state index contributed by atoms with van der Waals surface area (Å²) in [7, 11) is 0. The predicted molar refractivity (Wildman–Crippen MR) is 86.4 cm³/mol. The zero-order valence-electron chi connectivity index (χ0n) is 11.8. The van der Waals surface area contributed by atoms with Crippen LogP contribution in [0, 0.1) is 6.92 Å². The third-order valence-corrected chi connectivity index (χ3v) is 5.34. The molecule has 4 rings (SSSR count). The molecular weight excluding hydrogens is 280 g/mol. The molecule has 0 saturated carbocycles. The molecule has 2 N–H and O–H groups in total. The molecule has 3 nitrogen and oxygen atoms in total. The summed E-state index contributed by atoms with van der Waals surface area (Å²) >= 11 is 1.81. The number of nitrogens with two attached hydrogens (primary N) is 1. The molecule has 21 heavy (non-hydrogen) atoms. The minimum Gasteiger partial charge on any atom is -0.380 e. The number of nitrogen functional groups attached to an aromatic ring is 1. The van der Waals surface area contributed by atoms with Gasteiger partial charge in [0.25, 0.3) is 0 Å². The summed E-state index contributed by atoms with van der Waals surface area (Å²) in [6.07, 6.45) is 3.63. The maximum absolute atomic E-state index is 6.07. The lowest BCUT2D eigenvalue weighted by atomic mass is 10.00. The van der Waals surface area contributed by atoms with Crippen molar-refractivity contribution in [3.63, 3.8) is 0 Å². The van der Waals surface area contributed by atoms with Gasteiger partial charge in [0, 0.05) is 4.88 Å². The molecule has 4 heteroatoms. The van der Waals surface area contributed by atoms with Crippen LogP contribution in [0.2, 0.25) is 0 Å². The van der Waals surface area contributed by atoms with E-state index >= 15 is 0 Å². The number of rotatable bonds is 2. The summed E-state index contributed by atoms with van der Waals surface area (Å²) in [6, 6.07) is 10.5. The molecular formula is C17H16N2OS. The average Bonchev–Trinajstić information content (AvgIpc) is 3.13. The Morgan fingerprint density at radius 2 is 2.10 bits per heavy atom. The van der Waals surface area contributed by atoms with Crippen LogP contribution in [-0.4, -0.2) is 5.16 Å². The van der Waals surface area contributed by atoms with Crippen molar-refractivity contribution in [3.05, 3.63) is 46.3 Å². The van der Waals surface area contributed by atoms with Gasteiger partial charge < -0.3 is 10.3 Å². The van der Waals surface area contributed by atoms with E-state index < -0.39 is 0 Å². The van der Waals surface area contributed by atoms with Crippen molar-refractivity contribution in [2.75, 3.05) is 5.73 Å². The van der Waals surface area contributed by atoms with Gasteiger partial charge >= 0.3 is 0 Å². The summed E-state index contributed by atoms with van der Waals surface area (Å²) in [4.78, 5) is 2.62. The Bertz CT molecular complexity index is 795. The molecule has 2 heterocycles. The Morgan fingerprint density at radius 1 is 1.24 bits per heavy atom. The van der Waals surface area contributed by atoms with E-state index in [1.54, 1.807) is 0 Å². The maximum Gasteiger partial charge on any atom is 0.186 e. The zero-order valence-corrected chi connectivity index (χ0v) is 12.7. The van der Waals surface area contributed by atoms with Gasteiger partial charge in [0.2, 0.25) is 0 Å². The Kier molecular flexibility index (Phi) is 2.86. The van der Waals surface area contributed by atoms with Crippen LogP contribution in [0.15, 0.2) is 34.9 Å². The highest BCUT2D eigenvalue weighted by Crippen LogP contribution is 2.43. The monoisotopic (exact) mass is 296 g/mol. The van der Waals surface area contributed by atoms with Gasteiger partial charge in [0.05, 0.1) is 10.4 Å². The number of hydrogen-bond donors (Lipinski definition) is 1. The lowest BCUT2D eigenvalue weighted by Gasteiger charge is -2.05. The van der Waals surface area contributed by atoms with E-state index in [-0.39, 0.29) is 0 Å². The number of benzene rings is 1. The van der Waals surface area contributed by atoms with E-state index in [1.807, 2.05) is 23.5 Å². The topological polar surface area (TPSA) is 52.0 Å². The molecule has 1 aliphatic carbocycles. The van der Waals surface area contributed by atoms with E-state index in [0.717, 1.165) is 21.8 Å². The van der Waals surface area contributed by atoms with E-state index in [4.69, 9.17) is 10.3 Å². The fraction of sp³-hybridized carbons (Fsp3) is 0.235. The third kappa shape index (κ3) is 1.98. The van der Waals surface area contributed by atoms with Crippen molar-refractivity contribution in [2.24, 2.45) is 0 Å². The molecule has 0 saturated heterocycles. The molecule has 1 aliphatic rings. The van der Waals surface area contributed by atoms with Gasteiger partial charge in [-0.2, -0.15) is 0 Å². The molecule has 0 bridgehead atoms. The number of nitrogens with zero attached hydrogens (tertiary/aromatic N) is 1. The molecule has 2 aromatic heterocycles. The molecule has 1 aromatic carbocycles. The standard InChI is InChI=1S/C17H16N2OS/c1-10-5-2-3-7-12(10)15-16(20-19-17(15)18)14-9-11-6-4-8-13(11)21-14/h2-3,5,7,9H,4,6,8H2,1H3,(H2,18,19). The van der Waals surface area contributed by atoms with Crippen LogP contribution >= 0.6 is 11.3 Å². The molecule has 0 amide bonds. The highest BCUT2D eigenvalue weighted by atomic mass is 32.1. The van der Waals surface area contributed by atoms with Gasteiger partial charge in [-0.05, 0) is 48.9 Å². The molecule has 0 atom stereocenters. The Balaban J connectivity index is 1.89. The van der Waals surface area contributed by atoms with E-state index in [2.05, 4.69) is 30.3 Å². The van der Waals surface area contributed by atoms with Gasteiger partial charge in [0.1, 0.15) is 0 Å². The van der Waals surface area contributed by atoms with Crippen molar-refractivity contribution in [3.8, 4) is 21.8 Å². The first kappa shape index (κ1) is 12.7. The summed E-state index contributed by atoms with van der Waals surface area (Å²) in [5.74, 6) is 1.27. The minimum absolute atomic E-state index is 0.466. The third-order valence-electron chi connectivity index (χ3n) is 4.10. The summed E-state index contributed by atoms with van der Waals surface area (Å²) in [5.41, 5.74) is 10.7. The van der Waals surface area contributed by atoms with E-state index in [1.165, 1.54) is 35.3 Å². The van der Waals surface area contributed by atoms with Gasteiger partial charge in [-0.3, -0.25) is 0 Å². The second-order valence-corrected chi connectivity index (χ2v) is 6.64. The Labute approximate surface area is 127 Å². The maximum atomic E-state index is 6.07. The second-order valence-electron chi connectivity index (χ2n) is 5.50. The zero-order chi connectivity index (χ0) is 14.4. The van der Waals surface area contributed by atoms with Crippen LogP contribution in [-0.2, 0) is 12.8 Å². The van der Waals surface area contributed by atoms with Gasteiger partial charge in [-0.15, -0.1) is 11.3 Å². The molecule has 0 radical (unpaired) electrons. The lowest BCUT2D eigenvalue weighted by molar-refractivity contribution is 0.437. The van der Waals surface area contributed by atoms with E-state index in [9.17, 15) is 0 Å². The van der Waals surface area contributed by atoms with Crippen LogP contribution in [0.5, 0.6) is 0 Å². The number of thiophene rings is 1. The van der Waals surface area contributed by atoms with Crippen molar-refractivity contribution < 1.29 is 4.52 Å². The number of anilines is 1. The average molecular weight is 296 g/mol. The smallest absolute Gasteiger partial charge is 0.186 e. The van der Waals surface area contributed by atoms with Crippen molar-refractivity contribution >= 4 is 17.2 Å². The minimum atomic E-state index is 0.466. The highest BCUT2D eigenvalue weighted by molar-refractivity contribution is 7.15. The molecule has 0 spiro atoms. The molecule has 106 valence electrons. The number of hydrogen-bond acceptors (Lipinski definition) is 4. The number of aromatic nitrogens is 1. The van der Waals surface area contributed by atoms with E-state index in [0.29, 0.717) is 5.82 Å². The number of fused-ring (bicyclic) bond motifs is 1. The first-order valence-electron chi connectivity index (χ1n) is 7.17. The highest BCUT2D eigenvalue weighted by Gasteiger charge is 2.23. The quantitative estimate of drug-likeness (QED) is 0.760. The predicted octanol–water partition coefficient (Wildman–Crippen LogP) is 4.45. The van der Waals surface area contributed by atoms with Gasteiger partial charge in [-0.1, -0.05) is 29.4 Å². The second kappa shape index (κ2) is 4.74. The molecule has 3 aromatic rings. The van der Waals surface area contributed by atoms with Crippen LogP contribution in [0.4, 0.5) is 5.82 Å². The van der Waals surface area contributed by atoms with Crippen LogP contribution in [0.1, 0.15) is 22.4 Å². The van der Waals surface area contributed by atoms with Crippen molar-refractivity contribution in [2.45, 2.75) is 26.2 Å². The Morgan fingerprint density at radius 3 is 2.90 bits per heavy atom. The van der Waals surface area contributed by atoms with Crippen molar-refractivity contribution in [1.29, 1.82) is 0 Å². The Hall–Kier alpha value is -2.07. The molecule has 0 unspecified atom stereocenters. The van der Waals surface area contributed by atoms with Crippen LogP contribution in [0.3, 0.4) is 0 Å². The number of aryl methyl sites for hydroxylation is 3. The fourth-order valence-electron chi connectivity index (χ4n) is 3.03. The van der Waals surface area contributed by atoms with Gasteiger partial charge in [0.15, 0.2) is 11.6 Å². The fourth-order valence-corrected chi connectivity index (χ4v) is 4.26. The van der Waals surface area contributed by atoms with Crippen LogP contribution < -0.4 is 5.73 Å². The lowest BCUT2D eigenvalue weighted by Crippen LogP contribution is -1.90. The van der Waals surface area contributed by atoms with Crippen LogP contribution in [0.25, 0.3) is 21.8 Å². The first-order valence-corrected chi connectivity index (χ1v) is 7.99. The molecule has 0 fully saturated rings. The van der Waals surface area contributed by atoms with Crippen molar-refractivity contribution in [1.82, 2.24) is 5.16 Å². The normalized spacial score (nSPS) is 13.6. The summed E-state index contributed by atoms with van der Waals surface area (Å²) in [5, 5.41) is 4.00. The van der Waals surface area contributed by atoms with Gasteiger partial charge in [-0.25, -0.2) is 0 Å². The molecule has 0 aliphatic heterocycles.